The summed E-state index contributed by atoms with van der Waals surface area (Å²) in [6, 6.07) is 10.7. The van der Waals surface area contributed by atoms with E-state index in [1.807, 2.05) is 11.8 Å². The third kappa shape index (κ3) is 7.32. The van der Waals surface area contributed by atoms with Crippen molar-refractivity contribution in [3.05, 3.63) is 35.9 Å². The molecule has 1 aromatic rings. The minimum absolute atomic E-state index is 0.384. The van der Waals surface area contributed by atoms with Gasteiger partial charge in [-0.2, -0.15) is 11.8 Å². The Kier molecular flexibility index (Phi) is 9.81. The van der Waals surface area contributed by atoms with Crippen LogP contribution in [0.5, 0.6) is 0 Å². The molecule has 0 radical (unpaired) electrons. The molecule has 0 fully saturated rings. The topological polar surface area (TPSA) is 12.5 Å². The molecule has 0 aliphatic carbocycles. The number of ether oxygens (including phenoxy) is 1. The molecule has 1 atom stereocenters. The van der Waals surface area contributed by atoms with E-state index >= 15 is 0 Å². The van der Waals surface area contributed by atoms with Crippen LogP contribution in [0.25, 0.3) is 0 Å². The van der Waals surface area contributed by atoms with Crippen molar-refractivity contribution in [1.29, 1.82) is 0 Å². The quantitative estimate of drug-likeness (QED) is 0.561. The average molecular weight is 295 g/mol. The van der Waals surface area contributed by atoms with Crippen molar-refractivity contribution >= 4 is 11.8 Å². The van der Waals surface area contributed by atoms with Crippen molar-refractivity contribution in [2.75, 3.05) is 25.6 Å². The lowest BCUT2D eigenvalue weighted by molar-refractivity contribution is -0.0118. The monoisotopic (exact) mass is 295 g/mol. The minimum Gasteiger partial charge on any atom is -0.362 e. The Morgan fingerprint density at radius 3 is 2.40 bits per heavy atom. The number of thioether (sulfide) groups is 1. The lowest BCUT2D eigenvalue weighted by atomic mass is 10.2. The number of hydrogen-bond donors (Lipinski definition) is 0. The number of benzene rings is 1. The van der Waals surface area contributed by atoms with Gasteiger partial charge < -0.3 is 4.74 Å². The van der Waals surface area contributed by atoms with Gasteiger partial charge in [0.15, 0.2) is 0 Å². The predicted molar refractivity (Wildman–Crippen MR) is 90.2 cm³/mol. The Morgan fingerprint density at radius 1 is 1.10 bits per heavy atom. The Hall–Kier alpha value is -0.510. The van der Waals surface area contributed by atoms with Gasteiger partial charge in [0.2, 0.25) is 0 Å². The zero-order chi connectivity index (χ0) is 14.6. The zero-order valence-electron chi connectivity index (χ0n) is 13.2. The third-order valence-corrected chi connectivity index (χ3v) is 4.56. The molecule has 0 bridgehead atoms. The van der Waals surface area contributed by atoms with Crippen LogP contribution < -0.4 is 0 Å². The molecule has 0 saturated carbocycles. The first kappa shape index (κ1) is 17.5. The van der Waals surface area contributed by atoms with Gasteiger partial charge in [0.1, 0.15) is 0 Å². The molecule has 0 N–H and O–H groups in total. The molecule has 1 rings (SSSR count). The van der Waals surface area contributed by atoms with E-state index in [-0.39, 0.29) is 0 Å². The maximum absolute atomic E-state index is 6.07. The van der Waals surface area contributed by atoms with E-state index < -0.39 is 0 Å². The normalized spacial score (nSPS) is 12.8. The third-order valence-electron chi connectivity index (χ3n) is 3.41. The first-order chi connectivity index (χ1) is 9.80. The van der Waals surface area contributed by atoms with Gasteiger partial charge >= 0.3 is 0 Å². The summed E-state index contributed by atoms with van der Waals surface area (Å²) in [6.07, 6.45) is 2.73. The second-order valence-corrected chi connectivity index (χ2v) is 6.04. The summed E-state index contributed by atoms with van der Waals surface area (Å²) in [6.45, 7) is 9.50. The summed E-state index contributed by atoms with van der Waals surface area (Å²) in [5, 5.41) is 0. The van der Waals surface area contributed by atoms with Gasteiger partial charge in [-0.1, -0.05) is 57.5 Å². The van der Waals surface area contributed by atoms with Crippen LogP contribution in [0.4, 0.5) is 0 Å². The van der Waals surface area contributed by atoms with E-state index in [1.165, 1.54) is 12.0 Å². The van der Waals surface area contributed by atoms with Crippen LogP contribution in [0.1, 0.15) is 39.2 Å². The second-order valence-electron chi connectivity index (χ2n) is 5.01. The molecule has 0 heterocycles. The molecule has 0 aliphatic rings. The summed E-state index contributed by atoms with van der Waals surface area (Å²) >= 11 is 1.98. The smallest absolute Gasteiger partial charge is 0.0994 e. The SMILES string of the molecule is CCCC(CSCc1ccccc1)OCN(CC)CC. The maximum atomic E-state index is 6.07. The van der Waals surface area contributed by atoms with Crippen LogP contribution in [-0.4, -0.2) is 36.6 Å². The summed E-state index contributed by atoms with van der Waals surface area (Å²) in [7, 11) is 0. The molecule has 1 aromatic carbocycles. The van der Waals surface area contributed by atoms with Crippen LogP contribution in [0.3, 0.4) is 0 Å². The Bertz CT molecular complexity index is 327. The largest absolute Gasteiger partial charge is 0.362 e. The number of rotatable bonds is 11. The maximum Gasteiger partial charge on any atom is 0.0994 e. The predicted octanol–water partition coefficient (Wildman–Crippen LogP) is 4.40. The Morgan fingerprint density at radius 2 is 1.80 bits per heavy atom. The highest BCUT2D eigenvalue weighted by Gasteiger charge is 2.10. The molecular weight excluding hydrogens is 266 g/mol. The summed E-state index contributed by atoms with van der Waals surface area (Å²) in [5.74, 6) is 2.17. The van der Waals surface area contributed by atoms with E-state index in [1.54, 1.807) is 0 Å². The highest BCUT2D eigenvalue weighted by atomic mass is 32.2. The first-order valence-corrected chi connectivity index (χ1v) is 8.91. The highest BCUT2D eigenvalue weighted by molar-refractivity contribution is 7.98. The number of nitrogens with zero attached hydrogens (tertiary/aromatic N) is 1. The van der Waals surface area contributed by atoms with Crippen molar-refractivity contribution in [1.82, 2.24) is 4.90 Å². The highest BCUT2D eigenvalue weighted by Crippen LogP contribution is 2.16. The van der Waals surface area contributed by atoms with Crippen LogP contribution in [0, 0.1) is 0 Å². The molecule has 114 valence electrons. The summed E-state index contributed by atoms with van der Waals surface area (Å²) in [5.41, 5.74) is 1.40. The fourth-order valence-corrected chi connectivity index (χ4v) is 3.11. The molecular formula is C17H29NOS. The van der Waals surface area contributed by atoms with Gasteiger partial charge in [0.05, 0.1) is 12.8 Å². The minimum atomic E-state index is 0.384. The molecule has 0 aromatic heterocycles. The first-order valence-electron chi connectivity index (χ1n) is 7.75. The van der Waals surface area contributed by atoms with Crippen LogP contribution in [0.2, 0.25) is 0 Å². The van der Waals surface area contributed by atoms with Gasteiger partial charge in [-0.05, 0) is 25.1 Å². The molecule has 0 spiro atoms. The molecule has 0 aliphatic heterocycles. The standard InChI is InChI=1S/C17H29NOS/c1-4-10-17(19-15-18(5-2)6-3)14-20-13-16-11-8-7-9-12-16/h7-9,11-12,17H,4-6,10,13-15H2,1-3H3. The lowest BCUT2D eigenvalue weighted by Gasteiger charge is -2.23. The van der Waals surface area contributed by atoms with Crippen LogP contribution >= 0.6 is 11.8 Å². The molecule has 2 nitrogen and oxygen atoms in total. The van der Waals surface area contributed by atoms with E-state index in [0.717, 1.165) is 37.7 Å². The molecule has 3 heteroatoms. The Balaban J connectivity index is 2.27. The van der Waals surface area contributed by atoms with E-state index in [2.05, 4.69) is 56.0 Å². The molecule has 0 saturated heterocycles. The van der Waals surface area contributed by atoms with Gasteiger partial charge in [0, 0.05) is 11.5 Å². The fraction of sp³-hybridized carbons (Fsp3) is 0.647. The van der Waals surface area contributed by atoms with Gasteiger partial charge in [-0.15, -0.1) is 0 Å². The number of hydrogen-bond acceptors (Lipinski definition) is 3. The van der Waals surface area contributed by atoms with Crippen LogP contribution in [0.15, 0.2) is 30.3 Å². The van der Waals surface area contributed by atoms with Crippen molar-refractivity contribution in [2.45, 2.75) is 45.5 Å². The van der Waals surface area contributed by atoms with Crippen molar-refractivity contribution in [3.63, 3.8) is 0 Å². The zero-order valence-corrected chi connectivity index (χ0v) is 14.0. The van der Waals surface area contributed by atoms with Gasteiger partial charge in [-0.3, -0.25) is 4.90 Å². The van der Waals surface area contributed by atoms with E-state index in [9.17, 15) is 0 Å². The molecule has 1 unspecified atom stereocenters. The van der Waals surface area contributed by atoms with Crippen LogP contribution in [-0.2, 0) is 10.5 Å². The van der Waals surface area contributed by atoms with Crippen molar-refractivity contribution in [3.8, 4) is 0 Å². The summed E-state index contributed by atoms with van der Waals surface area (Å²) in [4.78, 5) is 2.32. The van der Waals surface area contributed by atoms with Crippen molar-refractivity contribution in [2.24, 2.45) is 0 Å². The van der Waals surface area contributed by atoms with Crippen molar-refractivity contribution < 1.29 is 4.74 Å². The molecule has 20 heavy (non-hydrogen) atoms. The second kappa shape index (κ2) is 11.2. The average Bonchev–Trinajstić information content (AvgIpc) is 2.49. The van der Waals surface area contributed by atoms with Gasteiger partial charge in [0.25, 0.3) is 0 Å². The van der Waals surface area contributed by atoms with E-state index in [4.69, 9.17) is 4.74 Å². The fourth-order valence-electron chi connectivity index (χ4n) is 2.04. The lowest BCUT2D eigenvalue weighted by Crippen LogP contribution is -2.30. The summed E-state index contributed by atoms with van der Waals surface area (Å²) < 4.78 is 6.07. The molecule has 0 amide bonds. The van der Waals surface area contributed by atoms with E-state index in [0.29, 0.717) is 6.10 Å². The van der Waals surface area contributed by atoms with Gasteiger partial charge in [-0.25, -0.2) is 0 Å². The Labute approximate surface area is 128 Å².